The zero-order valence-electron chi connectivity index (χ0n) is 12.5. The largest absolute Gasteiger partial charge is 0.399 e. The third-order valence-electron chi connectivity index (χ3n) is 3.05. The van der Waals surface area contributed by atoms with Gasteiger partial charge in [-0.25, -0.2) is 12.7 Å². The Labute approximate surface area is 127 Å². The number of rotatable bonds is 5. The number of nitrogen functional groups attached to an aromatic ring is 1. The van der Waals surface area contributed by atoms with Gasteiger partial charge in [-0.1, -0.05) is 32.4 Å². The van der Waals surface area contributed by atoms with Crippen LogP contribution in [0, 0.1) is 5.41 Å². The Morgan fingerprint density at radius 3 is 2.45 bits per heavy atom. The fraction of sp³-hybridized carbons (Fsp3) is 0.571. The molecule has 0 aliphatic heterocycles. The summed E-state index contributed by atoms with van der Waals surface area (Å²) in [6.07, 6.45) is 0.615. The Morgan fingerprint density at radius 2 is 1.90 bits per heavy atom. The van der Waals surface area contributed by atoms with E-state index in [0.29, 0.717) is 22.7 Å². The van der Waals surface area contributed by atoms with Crippen molar-refractivity contribution >= 4 is 27.3 Å². The van der Waals surface area contributed by atoms with Crippen LogP contribution in [0.15, 0.2) is 18.2 Å². The van der Waals surface area contributed by atoms with Crippen LogP contribution in [0.5, 0.6) is 0 Å². The van der Waals surface area contributed by atoms with E-state index < -0.39 is 10.0 Å². The zero-order valence-corrected chi connectivity index (χ0v) is 14.1. The molecule has 0 radical (unpaired) electrons. The second-order valence-electron chi connectivity index (χ2n) is 6.23. The normalized spacial score (nSPS) is 12.9. The molecule has 0 aliphatic rings. The predicted molar refractivity (Wildman–Crippen MR) is 85.2 cm³/mol. The van der Waals surface area contributed by atoms with Gasteiger partial charge in [-0.15, -0.1) is 0 Å². The number of nitrogens with two attached hydrogens (primary N) is 1. The van der Waals surface area contributed by atoms with E-state index in [2.05, 4.69) is 0 Å². The average molecular weight is 319 g/mol. The monoisotopic (exact) mass is 318 g/mol. The lowest BCUT2D eigenvalue weighted by molar-refractivity contribution is 0.388. The van der Waals surface area contributed by atoms with Gasteiger partial charge >= 0.3 is 0 Å². The third kappa shape index (κ3) is 5.31. The SMILES string of the molecule is CN(Cc1cc(N)ccc1Cl)S(=O)(=O)CCC(C)(C)C. The van der Waals surface area contributed by atoms with Crippen molar-refractivity contribution in [3.63, 3.8) is 0 Å². The van der Waals surface area contributed by atoms with Crippen LogP contribution in [-0.2, 0) is 16.6 Å². The summed E-state index contributed by atoms with van der Waals surface area (Å²) in [5.41, 5.74) is 6.98. The first kappa shape index (κ1) is 17.3. The lowest BCUT2D eigenvalue weighted by atomic mass is 9.94. The van der Waals surface area contributed by atoms with Crippen LogP contribution in [-0.4, -0.2) is 25.5 Å². The van der Waals surface area contributed by atoms with Crippen molar-refractivity contribution in [1.29, 1.82) is 0 Å². The Morgan fingerprint density at radius 1 is 1.30 bits per heavy atom. The van der Waals surface area contributed by atoms with E-state index >= 15 is 0 Å². The average Bonchev–Trinajstić information content (AvgIpc) is 2.30. The minimum Gasteiger partial charge on any atom is -0.399 e. The molecule has 0 heterocycles. The summed E-state index contributed by atoms with van der Waals surface area (Å²) in [4.78, 5) is 0. The van der Waals surface area contributed by atoms with Gasteiger partial charge in [0.15, 0.2) is 0 Å². The van der Waals surface area contributed by atoms with Crippen LogP contribution in [0.4, 0.5) is 5.69 Å². The van der Waals surface area contributed by atoms with Crippen LogP contribution >= 0.6 is 11.6 Å². The molecule has 4 nitrogen and oxygen atoms in total. The molecule has 0 saturated heterocycles. The number of anilines is 1. The molecule has 0 amide bonds. The smallest absolute Gasteiger partial charge is 0.214 e. The van der Waals surface area contributed by atoms with E-state index in [4.69, 9.17) is 17.3 Å². The highest BCUT2D eigenvalue weighted by molar-refractivity contribution is 7.89. The van der Waals surface area contributed by atoms with Gasteiger partial charge in [0.25, 0.3) is 0 Å². The number of halogens is 1. The molecule has 114 valence electrons. The molecule has 2 N–H and O–H groups in total. The highest BCUT2D eigenvalue weighted by atomic mass is 35.5. The van der Waals surface area contributed by atoms with Crippen LogP contribution in [0.1, 0.15) is 32.8 Å². The molecule has 0 atom stereocenters. The molecule has 1 aromatic rings. The van der Waals surface area contributed by atoms with Crippen molar-refractivity contribution in [1.82, 2.24) is 4.31 Å². The Bertz CT molecular complexity index is 565. The van der Waals surface area contributed by atoms with Gasteiger partial charge in [-0.3, -0.25) is 0 Å². The molecule has 0 aliphatic carbocycles. The van der Waals surface area contributed by atoms with Gasteiger partial charge in [0.1, 0.15) is 0 Å². The molecule has 0 saturated carbocycles. The second-order valence-corrected chi connectivity index (χ2v) is 8.84. The van der Waals surface area contributed by atoms with Crippen molar-refractivity contribution in [2.75, 3.05) is 18.5 Å². The maximum Gasteiger partial charge on any atom is 0.214 e. The van der Waals surface area contributed by atoms with Crippen molar-refractivity contribution in [3.05, 3.63) is 28.8 Å². The first-order chi connectivity index (χ1) is 9.01. The molecule has 0 bridgehead atoms. The maximum atomic E-state index is 12.2. The minimum absolute atomic E-state index is 0.0112. The molecule has 0 fully saturated rings. The first-order valence-corrected chi connectivity index (χ1v) is 8.48. The molecule has 6 heteroatoms. The maximum absolute atomic E-state index is 12.2. The van der Waals surface area contributed by atoms with Crippen LogP contribution in [0.3, 0.4) is 0 Å². The van der Waals surface area contributed by atoms with Crippen molar-refractivity contribution < 1.29 is 8.42 Å². The van der Waals surface area contributed by atoms with Gasteiger partial charge in [-0.05, 0) is 35.6 Å². The number of hydrogen-bond acceptors (Lipinski definition) is 3. The van der Waals surface area contributed by atoms with Gasteiger partial charge in [0.05, 0.1) is 5.75 Å². The minimum atomic E-state index is -3.29. The highest BCUT2D eigenvalue weighted by Crippen LogP contribution is 2.23. The van der Waals surface area contributed by atoms with Gasteiger partial charge in [0, 0.05) is 24.3 Å². The van der Waals surface area contributed by atoms with E-state index in [1.807, 2.05) is 20.8 Å². The number of benzene rings is 1. The number of nitrogens with zero attached hydrogens (tertiary/aromatic N) is 1. The topological polar surface area (TPSA) is 63.4 Å². The van der Waals surface area contributed by atoms with Crippen molar-refractivity contribution in [2.45, 2.75) is 33.7 Å². The van der Waals surface area contributed by atoms with E-state index in [-0.39, 0.29) is 17.7 Å². The highest BCUT2D eigenvalue weighted by Gasteiger charge is 2.22. The molecular formula is C14H23ClN2O2S. The van der Waals surface area contributed by atoms with E-state index in [9.17, 15) is 8.42 Å². The fourth-order valence-corrected chi connectivity index (χ4v) is 3.34. The molecular weight excluding hydrogens is 296 g/mol. The molecule has 0 aromatic heterocycles. The van der Waals surface area contributed by atoms with Crippen LogP contribution in [0.2, 0.25) is 5.02 Å². The van der Waals surface area contributed by atoms with Gasteiger partial charge in [0.2, 0.25) is 10.0 Å². The summed E-state index contributed by atoms with van der Waals surface area (Å²) < 4.78 is 25.8. The summed E-state index contributed by atoms with van der Waals surface area (Å²) in [6.45, 7) is 6.31. The van der Waals surface area contributed by atoms with E-state index in [1.165, 1.54) is 4.31 Å². The zero-order chi connectivity index (χ0) is 15.6. The molecule has 20 heavy (non-hydrogen) atoms. The molecule has 0 unspecified atom stereocenters. The predicted octanol–water partition coefficient (Wildman–Crippen LogP) is 3.12. The molecule has 0 spiro atoms. The second kappa shape index (κ2) is 6.33. The standard InChI is InChI=1S/C14H23ClN2O2S/c1-14(2,3)7-8-20(18,19)17(4)10-11-9-12(16)5-6-13(11)15/h5-6,9H,7-8,10,16H2,1-4H3. The molecule has 1 aromatic carbocycles. The Balaban J connectivity index is 2.79. The lowest BCUT2D eigenvalue weighted by Crippen LogP contribution is -2.30. The first-order valence-electron chi connectivity index (χ1n) is 6.49. The lowest BCUT2D eigenvalue weighted by Gasteiger charge is -2.22. The summed E-state index contributed by atoms with van der Waals surface area (Å²) in [5, 5.41) is 0.525. The van der Waals surface area contributed by atoms with E-state index in [1.54, 1.807) is 25.2 Å². The van der Waals surface area contributed by atoms with Gasteiger partial charge < -0.3 is 5.73 Å². The van der Waals surface area contributed by atoms with Crippen molar-refractivity contribution in [3.8, 4) is 0 Å². The Hall–Kier alpha value is -0.780. The molecule has 1 rings (SSSR count). The number of hydrogen-bond donors (Lipinski definition) is 1. The fourth-order valence-electron chi connectivity index (χ4n) is 1.65. The summed E-state index contributed by atoms with van der Waals surface area (Å²) in [7, 11) is -1.72. The summed E-state index contributed by atoms with van der Waals surface area (Å²) in [6, 6.07) is 5.08. The van der Waals surface area contributed by atoms with Crippen molar-refractivity contribution in [2.24, 2.45) is 5.41 Å². The summed E-state index contributed by atoms with van der Waals surface area (Å²) >= 11 is 6.06. The van der Waals surface area contributed by atoms with Crippen LogP contribution in [0.25, 0.3) is 0 Å². The summed E-state index contributed by atoms with van der Waals surface area (Å²) in [5.74, 6) is 0.132. The van der Waals surface area contributed by atoms with E-state index in [0.717, 1.165) is 0 Å². The van der Waals surface area contributed by atoms with Crippen LogP contribution < -0.4 is 5.73 Å². The van der Waals surface area contributed by atoms with Gasteiger partial charge in [-0.2, -0.15) is 0 Å². The third-order valence-corrected chi connectivity index (χ3v) is 5.22. The quantitative estimate of drug-likeness (QED) is 0.848. The number of sulfonamides is 1. The Kier molecular flexibility index (Phi) is 5.46.